The number of anilines is 1. The summed E-state index contributed by atoms with van der Waals surface area (Å²) < 4.78 is 12.7. The van der Waals surface area contributed by atoms with Gasteiger partial charge in [0, 0.05) is 18.7 Å². The van der Waals surface area contributed by atoms with Gasteiger partial charge in [0.15, 0.2) is 5.78 Å². The van der Waals surface area contributed by atoms with Gasteiger partial charge in [0.1, 0.15) is 13.1 Å². The summed E-state index contributed by atoms with van der Waals surface area (Å²) in [5.41, 5.74) is 6.61. The zero-order valence-electron chi connectivity index (χ0n) is 28.5. The van der Waals surface area contributed by atoms with E-state index in [9.17, 15) is 9.59 Å². The summed E-state index contributed by atoms with van der Waals surface area (Å²) in [5.74, 6) is 0.310. The molecule has 7 nitrogen and oxygen atoms in total. The molecule has 2 aromatic carbocycles. The maximum atomic E-state index is 13.3. The van der Waals surface area contributed by atoms with Crippen LogP contribution in [-0.2, 0) is 25.5 Å². The number of Topliss-reactive ketones (excluding diaryl/α,β-unsaturated/α-hetero) is 1. The molecule has 0 aliphatic carbocycles. The van der Waals surface area contributed by atoms with Gasteiger partial charge >= 0.3 is 0 Å². The number of quaternary nitrogens is 1. The number of amides is 1. The van der Waals surface area contributed by atoms with E-state index in [1.165, 1.54) is 16.7 Å². The Balaban J connectivity index is 0.00000968. The summed E-state index contributed by atoms with van der Waals surface area (Å²) in [5, 5.41) is 3.09. The zero-order chi connectivity index (χ0) is 31.7. The Morgan fingerprint density at radius 1 is 0.727 bits per heavy atom. The highest BCUT2D eigenvalue weighted by Crippen LogP contribution is 2.19. The maximum Gasteiger partial charge on any atom is 0.238 e. The molecule has 0 saturated carbocycles. The number of ether oxygens (including phenoxy) is 2. The van der Waals surface area contributed by atoms with E-state index >= 15 is 0 Å². The summed E-state index contributed by atoms with van der Waals surface area (Å²) in [6, 6.07) is 12.3. The Labute approximate surface area is 278 Å². The fourth-order valence-electron chi connectivity index (χ4n) is 6.03. The predicted octanol–water partition coefficient (Wildman–Crippen LogP) is 3.06. The van der Waals surface area contributed by atoms with Crippen molar-refractivity contribution in [1.29, 1.82) is 0 Å². The largest absolute Gasteiger partial charge is 1.00 e. The Bertz CT molecular complexity index is 1090. The van der Waals surface area contributed by atoms with E-state index in [1.54, 1.807) is 0 Å². The molecule has 0 bridgehead atoms. The van der Waals surface area contributed by atoms with Crippen LogP contribution in [0.5, 0.6) is 0 Å². The second kappa shape index (κ2) is 21.6. The molecule has 0 unspecified atom stereocenters. The summed E-state index contributed by atoms with van der Waals surface area (Å²) in [6.07, 6.45) is 3.55. The molecule has 2 aromatic rings. The molecule has 0 fully saturated rings. The van der Waals surface area contributed by atoms with Crippen molar-refractivity contribution in [2.24, 2.45) is 0 Å². The molecule has 0 aliphatic heterocycles. The number of carbonyl (C=O) groups is 2. The van der Waals surface area contributed by atoms with E-state index in [0.29, 0.717) is 58.3 Å². The lowest BCUT2D eigenvalue weighted by Gasteiger charge is -2.38. The number of nitrogens with one attached hydrogen (secondary N) is 1. The Morgan fingerprint density at radius 3 is 1.82 bits per heavy atom. The highest BCUT2D eigenvalue weighted by atomic mass is 79.9. The fourth-order valence-corrected chi connectivity index (χ4v) is 6.03. The van der Waals surface area contributed by atoms with Gasteiger partial charge in [-0.25, -0.2) is 0 Å². The lowest BCUT2D eigenvalue weighted by atomic mass is 9.97. The van der Waals surface area contributed by atoms with Crippen molar-refractivity contribution in [2.75, 3.05) is 77.6 Å². The summed E-state index contributed by atoms with van der Waals surface area (Å²) >= 11 is 0. The van der Waals surface area contributed by atoms with Crippen LogP contribution >= 0.6 is 0 Å². The van der Waals surface area contributed by atoms with Gasteiger partial charge in [-0.15, -0.1) is 0 Å². The van der Waals surface area contributed by atoms with Crippen LogP contribution in [0, 0.1) is 27.7 Å². The van der Waals surface area contributed by atoms with Crippen LogP contribution < -0.4 is 22.3 Å². The first-order chi connectivity index (χ1) is 20.6. The standard InChI is InChI=1S/C36H57N3O4.BrH/c1-8-17-38(27-35(41)37-36-31(6)15-12-16-32(36)7)18-22-42-24-25-43-23-21-39(19-9-2,20-10-3)28-33(40)26-34-29(4)13-11-14-30(34)5;/h11-16H,8-10,17-28H2,1-7H3;1H. The number of aryl methyl sites for hydroxylation is 4. The van der Waals surface area contributed by atoms with E-state index in [1.807, 2.05) is 32.0 Å². The first-order valence-corrected chi connectivity index (χ1v) is 16.3. The minimum absolute atomic E-state index is 0. The van der Waals surface area contributed by atoms with E-state index in [4.69, 9.17) is 9.47 Å². The summed E-state index contributed by atoms with van der Waals surface area (Å²) in [7, 11) is 0. The van der Waals surface area contributed by atoms with E-state index in [2.05, 4.69) is 63.0 Å². The van der Waals surface area contributed by atoms with Gasteiger partial charge in [0.2, 0.25) is 5.91 Å². The number of halogens is 1. The second-order valence-corrected chi connectivity index (χ2v) is 12.1. The van der Waals surface area contributed by atoms with Gasteiger partial charge in [-0.2, -0.15) is 0 Å². The predicted molar refractivity (Wildman–Crippen MR) is 178 cm³/mol. The van der Waals surface area contributed by atoms with Crippen LogP contribution in [-0.4, -0.2) is 93.3 Å². The van der Waals surface area contributed by atoms with Gasteiger partial charge in [-0.3, -0.25) is 14.5 Å². The third kappa shape index (κ3) is 13.9. The van der Waals surface area contributed by atoms with Gasteiger partial charge in [0.25, 0.3) is 0 Å². The smallest absolute Gasteiger partial charge is 0.238 e. The first-order valence-electron chi connectivity index (χ1n) is 16.3. The molecule has 0 radical (unpaired) electrons. The van der Waals surface area contributed by atoms with Crippen LogP contribution in [0.3, 0.4) is 0 Å². The Hall–Kier alpha value is -2.10. The third-order valence-corrected chi connectivity index (χ3v) is 8.21. The van der Waals surface area contributed by atoms with Crippen molar-refractivity contribution in [1.82, 2.24) is 4.90 Å². The summed E-state index contributed by atoms with van der Waals surface area (Å²) in [4.78, 5) is 28.1. The average molecular weight is 677 g/mol. The molecule has 2 rings (SSSR count). The topological polar surface area (TPSA) is 67.9 Å². The van der Waals surface area contributed by atoms with E-state index in [0.717, 1.165) is 66.7 Å². The first kappa shape index (κ1) is 39.9. The molecule has 0 heterocycles. The lowest BCUT2D eigenvalue weighted by molar-refractivity contribution is -0.921. The van der Waals surface area contributed by atoms with Crippen molar-refractivity contribution in [3.8, 4) is 0 Å². The number of nitrogens with zero attached hydrogens (tertiary/aromatic N) is 2. The number of para-hydroxylation sites is 1. The molecular formula is C36H58BrN3O4. The highest BCUT2D eigenvalue weighted by molar-refractivity contribution is 5.93. The number of carbonyl (C=O) groups excluding carboxylic acids is 2. The van der Waals surface area contributed by atoms with Crippen LogP contribution in [0.15, 0.2) is 36.4 Å². The number of benzene rings is 2. The zero-order valence-corrected chi connectivity index (χ0v) is 30.1. The van der Waals surface area contributed by atoms with Gasteiger partial charge < -0.3 is 36.3 Å². The third-order valence-electron chi connectivity index (χ3n) is 8.21. The van der Waals surface area contributed by atoms with Crippen molar-refractivity contribution < 1.29 is 40.5 Å². The minimum Gasteiger partial charge on any atom is -1.00 e. The molecule has 0 aromatic heterocycles. The van der Waals surface area contributed by atoms with Crippen molar-refractivity contribution in [2.45, 2.75) is 74.1 Å². The van der Waals surface area contributed by atoms with Crippen LogP contribution in [0.1, 0.15) is 67.9 Å². The molecule has 1 amide bonds. The maximum absolute atomic E-state index is 13.3. The number of hydrogen-bond donors (Lipinski definition) is 1. The molecule has 0 spiro atoms. The van der Waals surface area contributed by atoms with Crippen LogP contribution in [0.2, 0.25) is 0 Å². The van der Waals surface area contributed by atoms with Crippen LogP contribution in [0.25, 0.3) is 0 Å². The normalized spacial score (nSPS) is 11.5. The quantitative estimate of drug-likeness (QED) is 0.154. The number of hydrogen-bond acceptors (Lipinski definition) is 5. The fraction of sp³-hybridized carbons (Fsp3) is 0.611. The van der Waals surface area contributed by atoms with Crippen molar-refractivity contribution in [3.05, 3.63) is 64.2 Å². The highest BCUT2D eigenvalue weighted by Gasteiger charge is 2.29. The molecule has 248 valence electrons. The van der Waals surface area contributed by atoms with Crippen molar-refractivity contribution >= 4 is 17.4 Å². The molecule has 44 heavy (non-hydrogen) atoms. The number of ketones is 1. The molecular weight excluding hydrogens is 618 g/mol. The van der Waals surface area contributed by atoms with Gasteiger partial charge in [0.05, 0.1) is 46.1 Å². The molecule has 0 saturated heterocycles. The minimum atomic E-state index is 0. The molecule has 8 heteroatoms. The average Bonchev–Trinajstić information content (AvgIpc) is 2.94. The van der Waals surface area contributed by atoms with Gasteiger partial charge in [-0.05, 0) is 81.3 Å². The second-order valence-electron chi connectivity index (χ2n) is 12.1. The van der Waals surface area contributed by atoms with Crippen LogP contribution in [0.4, 0.5) is 5.69 Å². The Kier molecular flexibility index (Phi) is 19.6. The van der Waals surface area contributed by atoms with E-state index in [-0.39, 0.29) is 22.9 Å². The van der Waals surface area contributed by atoms with E-state index < -0.39 is 0 Å². The lowest BCUT2D eigenvalue weighted by Crippen LogP contribution is -3.00. The molecule has 0 atom stereocenters. The Morgan fingerprint density at radius 2 is 1.27 bits per heavy atom. The monoisotopic (exact) mass is 675 g/mol. The SMILES string of the molecule is CCCN(CCOCCOCC[N+](CCC)(CCC)CC(=O)Cc1c(C)cccc1C)CC(=O)Nc1c(C)cccc1C.[Br-]. The molecule has 1 N–H and O–H groups in total. The summed E-state index contributed by atoms with van der Waals surface area (Å²) in [6.45, 7) is 22.2. The van der Waals surface area contributed by atoms with Gasteiger partial charge in [-0.1, -0.05) is 57.2 Å². The van der Waals surface area contributed by atoms with Crippen molar-refractivity contribution in [3.63, 3.8) is 0 Å². The number of rotatable bonds is 22. The molecule has 0 aliphatic rings.